The van der Waals surface area contributed by atoms with Crippen molar-refractivity contribution >= 4 is 5.91 Å². The van der Waals surface area contributed by atoms with Crippen LogP contribution in [-0.2, 0) is 4.79 Å². The van der Waals surface area contributed by atoms with Gasteiger partial charge in [0.15, 0.2) is 0 Å². The monoisotopic (exact) mass is 221 g/mol. The third-order valence-electron chi connectivity index (χ3n) is 2.29. The number of hydrogen-bond acceptors (Lipinski definition) is 4. The van der Waals surface area contributed by atoms with Gasteiger partial charge in [-0.2, -0.15) is 10.4 Å². The van der Waals surface area contributed by atoms with Crippen molar-refractivity contribution in [1.29, 1.82) is 5.26 Å². The van der Waals surface area contributed by atoms with E-state index in [9.17, 15) is 4.79 Å². The van der Waals surface area contributed by atoms with Crippen molar-refractivity contribution in [2.75, 3.05) is 0 Å². The molecule has 0 saturated heterocycles. The third kappa shape index (κ3) is 2.79. The summed E-state index contributed by atoms with van der Waals surface area (Å²) in [4.78, 5) is 15.7. The molecule has 0 fully saturated rings. The molecule has 2 atom stereocenters. The van der Waals surface area contributed by atoms with Crippen molar-refractivity contribution in [3.8, 4) is 6.07 Å². The lowest BCUT2D eigenvalue weighted by atomic mass is 9.96. The molecule has 6 heteroatoms. The average Bonchev–Trinajstić information content (AvgIpc) is 2.70. The van der Waals surface area contributed by atoms with E-state index < -0.39 is 5.92 Å². The smallest absolute Gasteiger partial charge is 0.238 e. The minimum absolute atomic E-state index is 0.00748. The molecule has 0 bridgehead atoms. The highest BCUT2D eigenvalue weighted by atomic mass is 16.1. The second-order valence-electron chi connectivity index (χ2n) is 3.95. The van der Waals surface area contributed by atoms with Crippen LogP contribution in [0, 0.1) is 23.2 Å². The van der Waals surface area contributed by atoms with Crippen LogP contribution in [0.5, 0.6) is 0 Å². The van der Waals surface area contributed by atoms with E-state index in [1.807, 2.05) is 19.9 Å². The fourth-order valence-electron chi connectivity index (χ4n) is 1.31. The summed E-state index contributed by atoms with van der Waals surface area (Å²) in [6.07, 6.45) is 1.38. The SMILES string of the molecule is CC(NC(=O)C(C#N)C(C)C)c1ncn[nH]1. The minimum Gasteiger partial charge on any atom is -0.345 e. The van der Waals surface area contributed by atoms with Crippen molar-refractivity contribution in [3.05, 3.63) is 12.2 Å². The molecular formula is C10H15N5O. The molecular weight excluding hydrogens is 206 g/mol. The number of nitrogens with zero attached hydrogens (tertiary/aromatic N) is 3. The Balaban J connectivity index is 2.61. The summed E-state index contributed by atoms with van der Waals surface area (Å²) in [5.74, 6) is -0.340. The second kappa shape index (κ2) is 5.26. The summed E-state index contributed by atoms with van der Waals surface area (Å²) in [6, 6.07) is 1.72. The number of nitriles is 1. The number of hydrogen-bond donors (Lipinski definition) is 2. The Kier molecular flexibility index (Phi) is 4.00. The first kappa shape index (κ1) is 12.2. The van der Waals surface area contributed by atoms with Crippen molar-refractivity contribution in [3.63, 3.8) is 0 Å². The standard InChI is InChI=1S/C10H15N5O/c1-6(2)8(4-11)10(16)14-7(3)9-12-5-13-15-9/h5-8H,1-3H3,(H,14,16)(H,12,13,15). The maximum absolute atomic E-state index is 11.7. The third-order valence-corrected chi connectivity index (χ3v) is 2.29. The van der Waals surface area contributed by atoms with Crippen LogP contribution in [0.4, 0.5) is 0 Å². The molecule has 0 aromatic carbocycles. The van der Waals surface area contributed by atoms with E-state index in [0.717, 1.165) is 0 Å². The zero-order valence-corrected chi connectivity index (χ0v) is 9.56. The fourth-order valence-corrected chi connectivity index (χ4v) is 1.31. The zero-order chi connectivity index (χ0) is 12.1. The van der Waals surface area contributed by atoms with Crippen LogP contribution < -0.4 is 5.32 Å². The molecule has 2 unspecified atom stereocenters. The highest BCUT2D eigenvalue weighted by Gasteiger charge is 2.23. The Bertz CT molecular complexity index is 378. The van der Waals surface area contributed by atoms with Gasteiger partial charge in [0.05, 0.1) is 12.1 Å². The summed E-state index contributed by atoms with van der Waals surface area (Å²) in [6.45, 7) is 5.46. The van der Waals surface area contributed by atoms with Crippen LogP contribution in [0.15, 0.2) is 6.33 Å². The molecule has 1 rings (SSSR count). The van der Waals surface area contributed by atoms with Gasteiger partial charge < -0.3 is 5.32 Å². The molecule has 86 valence electrons. The summed E-state index contributed by atoms with van der Waals surface area (Å²) >= 11 is 0. The lowest BCUT2D eigenvalue weighted by Crippen LogP contribution is -2.34. The molecule has 1 aromatic rings. The first-order chi connectivity index (χ1) is 7.56. The van der Waals surface area contributed by atoms with Gasteiger partial charge in [-0.25, -0.2) is 4.98 Å². The average molecular weight is 221 g/mol. The maximum atomic E-state index is 11.7. The zero-order valence-electron chi connectivity index (χ0n) is 9.56. The number of H-pyrrole nitrogens is 1. The van der Waals surface area contributed by atoms with Gasteiger partial charge in [0.1, 0.15) is 18.1 Å². The normalized spacial score (nSPS) is 14.2. The molecule has 0 saturated carbocycles. The van der Waals surface area contributed by atoms with E-state index >= 15 is 0 Å². The Morgan fingerprint density at radius 1 is 1.56 bits per heavy atom. The van der Waals surface area contributed by atoms with E-state index in [1.54, 1.807) is 6.92 Å². The predicted molar refractivity (Wildman–Crippen MR) is 56.9 cm³/mol. The molecule has 0 radical (unpaired) electrons. The Morgan fingerprint density at radius 2 is 2.25 bits per heavy atom. The van der Waals surface area contributed by atoms with Gasteiger partial charge in [-0.15, -0.1) is 0 Å². The van der Waals surface area contributed by atoms with Crippen LogP contribution in [0.25, 0.3) is 0 Å². The van der Waals surface area contributed by atoms with Gasteiger partial charge in [0, 0.05) is 0 Å². The number of rotatable bonds is 4. The number of aromatic nitrogens is 3. The van der Waals surface area contributed by atoms with Crippen molar-refractivity contribution < 1.29 is 4.79 Å². The van der Waals surface area contributed by atoms with Crippen LogP contribution in [0.2, 0.25) is 0 Å². The molecule has 0 aliphatic carbocycles. The summed E-state index contributed by atoms with van der Waals surface area (Å²) in [5.41, 5.74) is 0. The summed E-state index contributed by atoms with van der Waals surface area (Å²) < 4.78 is 0. The first-order valence-electron chi connectivity index (χ1n) is 5.11. The highest BCUT2D eigenvalue weighted by molar-refractivity contribution is 5.81. The Labute approximate surface area is 94.1 Å². The molecule has 16 heavy (non-hydrogen) atoms. The molecule has 0 aliphatic heterocycles. The van der Waals surface area contributed by atoms with Crippen LogP contribution in [-0.4, -0.2) is 21.1 Å². The van der Waals surface area contributed by atoms with Gasteiger partial charge in [0.2, 0.25) is 5.91 Å². The van der Waals surface area contributed by atoms with Crippen molar-refractivity contribution in [2.24, 2.45) is 11.8 Å². The highest BCUT2D eigenvalue weighted by Crippen LogP contribution is 2.12. The molecule has 0 aliphatic rings. The van der Waals surface area contributed by atoms with E-state index in [0.29, 0.717) is 5.82 Å². The van der Waals surface area contributed by atoms with Gasteiger partial charge in [-0.3, -0.25) is 9.89 Å². The Morgan fingerprint density at radius 3 is 2.69 bits per heavy atom. The summed E-state index contributed by atoms with van der Waals surface area (Å²) in [5, 5.41) is 18.0. The first-order valence-corrected chi connectivity index (χ1v) is 5.11. The lowest BCUT2D eigenvalue weighted by molar-refractivity contribution is -0.125. The molecule has 6 nitrogen and oxygen atoms in total. The molecule has 0 spiro atoms. The maximum Gasteiger partial charge on any atom is 0.238 e. The quantitative estimate of drug-likeness (QED) is 0.785. The van der Waals surface area contributed by atoms with Crippen LogP contribution >= 0.6 is 0 Å². The van der Waals surface area contributed by atoms with E-state index in [1.165, 1.54) is 6.33 Å². The van der Waals surface area contributed by atoms with Crippen LogP contribution in [0.3, 0.4) is 0 Å². The topological polar surface area (TPSA) is 94.5 Å². The van der Waals surface area contributed by atoms with Crippen LogP contribution in [0.1, 0.15) is 32.6 Å². The van der Waals surface area contributed by atoms with Gasteiger partial charge in [-0.05, 0) is 12.8 Å². The summed E-state index contributed by atoms with van der Waals surface area (Å²) in [7, 11) is 0. The van der Waals surface area contributed by atoms with Crippen molar-refractivity contribution in [1.82, 2.24) is 20.5 Å². The second-order valence-corrected chi connectivity index (χ2v) is 3.95. The molecule has 1 aromatic heterocycles. The lowest BCUT2D eigenvalue weighted by Gasteiger charge is -2.16. The molecule has 1 amide bonds. The minimum atomic E-state index is -0.634. The molecule has 2 N–H and O–H groups in total. The number of amides is 1. The fraction of sp³-hybridized carbons (Fsp3) is 0.600. The van der Waals surface area contributed by atoms with E-state index in [-0.39, 0.29) is 17.9 Å². The molecule has 1 heterocycles. The predicted octanol–water partition coefficient (Wildman–Crippen LogP) is 0.778. The van der Waals surface area contributed by atoms with E-state index in [2.05, 4.69) is 20.5 Å². The van der Waals surface area contributed by atoms with E-state index in [4.69, 9.17) is 5.26 Å². The Hall–Kier alpha value is -1.90. The number of aromatic amines is 1. The van der Waals surface area contributed by atoms with Gasteiger partial charge >= 0.3 is 0 Å². The van der Waals surface area contributed by atoms with Gasteiger partial charge in [-0.1, -0.05) is 13.8 Å². The number of carbonyl (C=O) groups is 1. The van der Waals surface area contributed by atoms with Gasteiger partial charge in [0.25, 0.3) is 0 Å². The number of nitrogens with one attached hydrogen (secondary N) is 2. The van der Waals surface area contributed by atoms with Crippen molar-refractivity contribution in [2.45, 2.75) is 26.8 Å². The number of carbonyl (C=O) groups excluding carboxylic acids is 1. The largest absolute Gasteiger partial charge is 0.345 e.